The minimum atomic E-state index is -0.511. The van der Waals surface area contributed by atoms with Crippen LogP contribution in [0.15, 0.2) is 7.57 Å². The Balaban J connectivity index is 2.20. The summed E-state index contributed by atoms with van der Waals surface area (Å²) >= 11 is 9.50. The van der Waals surface area contributed by atoms with Crippen LogP contribution >= 0.6 is 54.5 Å². The summed E-state index contributed by atoms with van der Waals surface area (Å²) in [6.45, 7) is 8.86. The number of rotatable bonds is 14. The van der Waals surface area contributed by atoms with Crippen LogP contribution < -0.4 is 0 Å². The molecule has 2 atom stereocenters. The van der Waals surface area contributed by atoms with Gasteiger partial charge in [-0.1, -0.05) is 79.1 Å². The number of hydrogen-bond donors (Lipinski definition) is 0. The lowest BCUT2D eigenvalue weighted by molar-refractivity contribution is 0.0161. The van der Waals surface area contributed by atoms with Crippen molar-refractivity contribution in [3.63, 3.8) is 0 Å². The Labute approximate surface area is 211 Å². The molecule has 0 spiro atoms. The number of thiophene rings is 2. The lowest BCUT2D eigenvalue weighted by Gasteiger charge is -2.26. The van der Waals surface area contributed by atoms with E-state index in [1.54, 1.807) is 0 Å². The van der Waals surface area contributed by atoms with Crippen molar-refractivity contribution in [1.82, 2.24) is 0 Å². The summed E-state index contributed by atoms with van der Waals surface area (Å²) in [5.74, 6) is 0.110. The molecule has 0 saturated heterocycles. The van der Waals surface area contributed by atoms with Crippen molar-refractivity contribution in [2.24, 2.45) is 11.8 Å². The third kappa shape index (κ3) is 7.51. The van der Waals surface area contributed by atoms with Crippen LogP contribution in [0.3, 0.4) is 0 Å². The predicted molar refractivity (Wildman–Crippen MR) is 140 cm³/mol. The monoisotopic (exact) mass is 596 g/mol. The number of fused-ring (bicyclic) bond motifs is 1. The highest BCUT2D eigenvalue weighted by Gasteiger charge is 2.28. The zero-order valence-electron chi connectivity index (χ0n) is 19.1. The van der Waals surface area contributed by atoms with E-state index in [2.05, 4.69) is 59.6 Å². The molecule has 2 aromatic rings. The molecule has 0 aliphatic rings. The Kier molecular flexibility index (Phi) is 12.0. The van der Waals surface area contributed by atoms with Crippen molar-refractivity contribution in [2.45, 2.75) is 98.0 Å². The van der Waals surface area contributed by atoms with Crippen LogP contribution in [0.5, 0.6) is 0 Å². The molecule has 0 aliphatic carbocycles. The largest absolute Gasteiger partial charge is 0.458 e. The van der Waals surface area contributed by atoms with Gasteiger partial charge in [-0.25, -0.2) is 9.18 Å². The third-order valence-electron chi connectivity index (χ3n) is 6.14. The van der Waals surface area contributed by atoms with Gasteiger partial charge < -0.3 is 4.74 Å². The van der Waals surface area contributed by atoms with Crippen LogP contribution in [-0.2, 0) is 4.74 Å². The number of ether oxygens (including phenoxy) is 1. The van der Waals surface area contributed by atoms with Crippen molar-refractivity contribution < 1.29 is 13.9 Å². The number of carbonyl (C=O) groups is 1. The summed E-state index contributed by atoms with van der Waals surface area (Å²) < 4.78 is 23.4. The molecule has 2 heterocycles. The molecule has 0 radical (unpaired) electrons. The number of esters is 1. The highest BCUT2D eigenvalue weighted by Crippen LogP contribution is 2.46. The van der Waals surface area contributed by atoms with Gasteiger partial charge in [0.15, 0.2) is 5.82 Å². The van der Waals surface area contributed by atoms with Gasteiger partial charge in [-0.15, -0.1) is 22.7 Å². The Morgan fingerprint density at radius 1 is 0.935 bits per heavy atom. The van der Waals surface area contributed by atoms with Gasteiger partial charge >= 0.3 is 5.97 Å². The molecule has 2 unspecified atom stereocenters. The average molecular weight is 598 g/mol. The van der Waals surface area contributed by atoms with E-state index in [0.717, 1.165) is 47.0 Å². The fourth-order valence-electron chi connectivity index (χ4n) is 4.14. The molecule has 176 valence electrons. The molecule has 0 aliphatic heterocycles. The summed E-state index contributed by atoms with van der Waals surface area (Å²) in [6.07, 6.45) is 10.8. The zero-order chi connectivity index (χ0) is 23.0. The molecule has 2 rings (SSSR count). The number of hydrogen-bond acceptors (Lipinski definition) is 4. The van der Waals surface area contributed by atoms with Crippen molar-refractivity contribution >= 4 is 70.6 Å². The summed E-state index contributed by atoms with van der Waals surface area (Å²) in [5.41, 5.74) is 0. The van der Waals surface area contributed by atoms with Crippen molar-refractivity contribution in [3.05, 3.63) is 18.3 Å². The maximum Gasteiger partial charge on any atom is 0.351 e. The van der Waals surface area contributed by atoms with E-state index in [-0.39, 0.29) is 11.0 Å². The van der Waals surface area contributed by atoms with Crippen LogP contribution in [0.25, 0.3) is 10.1 Å². The van der Waals surface area contributed by atoms with Crippen molar-refractivity contribution in [3.8, 4) is 0 Å². The van der Waals surface area contributed by atoms with E-state index in [9.17, 15) is 4.79 Å². The molecule has 0 saturated carbocycles. The molecule has 0 N–H and O–H groups in total. The quantitative estimate of drug-likeness (QED) is 0.202. The summed E-state index contributed by atoms with van der Waals surface area (Å²) in [5, 5.41) is 0.481. The van der Waals surface area contributed by atoms with Gasteiger partial charge in [-0.05, 0) is 56.5 Å². The van der Waals surface area contributed by atoms with Crippen LogP contribution in [-0.4, -0.2) is 12.1 Å². The highest BCUT2D eigenvalue weighted by atomic mass is 79.9. The first kappa shape index (κ1) is 27.3. The summed E-state index contributed by atoms with van der Waals surface area (Å²) in [7, 11) is 0. The number of halogens is 3. The maximum atomic E-state index is 15.1. The number of carbonyl (C=O) groups excluding carboxylic acids is 1. The minimum absolute atomic E-state index is 0.0902. The topological polar surface area (TPSA) is 26.3 Å². The first-order valence-corrected chi connectivity index (χ1v) is 14.8. The molecule has 0 aromatic carbocycles. The standard InChI is InChI=1S/C24H35Br2FO2S2/c1-5-9-11-15(7-3)13-17(14-16(8-4)12-10-6-2)29-24(28)21-19(27)18-20(30-21)23(26)31-22(18)25/h15-17H,5-14H2,1-4H3. The zero-order valence-corrected chi connectivity index (χ0v) is 23.9. The van der Waals surface area contributed by atoms with Gasteiger partial charge in [-0.2, -0.15) is 0 Å². The highest BCUT2D eigenvalue weighted by molar-refractivity contribution is 9.12. The van der Waals surface area contributed by atoms with E-state index in [0.29, 0.717) is 21.0 Å². The second-order valence-corrected chi connectivity index (χ2v) is 13.1. The van der Waals surface area contributed by atoms with Crippen LogP contribution in [0, 0.1) is 17.7 Å². The van der Waals surface area contributed by atoms with E-state index >= 15 is 4.39 Å². The summed E-state index contributed by atoms with van der Waals surface area (Å²) in [4.78, 5) is 13.1. The maximum absolute atomic E-state index is 15.1. The Morgan fingerprint density at radius 2 is 1.48 bits per heavy atom. The smallest absolute Gasteiger partial charge is 0.351 e. The SMILES string of the molecule is CCCCC(CC)CC(CC(CC)CCCC)OC(=O)c1sc2c(Br)sc(Br)c2c1F. The molecule has 2 nitrogen and oxygen atoms in total. The second-order valence-electron chi connectivity index (χ2n) is 8.43. The van der Waals surface area contributed by atoms with Gasteiger partial charge in [0.1, 0.15) is 11.0 Å². The van der Waals surface area contributed by atoms with Crippen LogP contribution in [0.2, 0.25) is 0 Å². The Morgan fingerprint density at radius 3 is 1.94 bits per heavy atom. The third-order valence-corrected chi connectivity index (χ3v) is 10.2. The fourth-order valence-corrected chi connectivity index (χ4v) is 8.57. The fraction of sp³-hybridized carbons (Fsp3) is 0.708. The molecular weight excluding hydrogens is 563 g/mol. The molecule has 0 fully saturated rings. The Bertz CT molecular complexity index is 815. The summed E-state index contributed by atoms with van der Waals surface area (Å²) in [6, 6.07) is 0. The van der Waals surface area contributed by atoms with Gasteiger partial charge in [0.25, 0.3) is 0 Å². The minimum Gasteiger partial charge on any atom is -0.458 e. The van der Waals surface area contributed by atoms with E-state index in [1.807, 2.05) is 0 Å². The van der Waals surface area contributed by atoms with Gasteiger partial charge in [0, 0.05) is 0 Å². The lowest BCUT2D eigenvalue weighted by atomic mass is 9.87. The average Bonchev–Trinajstić information content (AvgIpc) is 3.24. The second kappa shape index (κ2) is 13.7. The molecule has 0 amide bonds. The van der Waals surface area contributed by atoms with Crippen LogP contribution in [0.4, 0.5) is 4.39 Å². The van der Waals surface area contributed by atoms with E-state index < -0.39 is 11.8 Å². The van der Waals surface area contributed by atoms with E-state index in [1.165, 1.54) is 48.4 Å². The molecule has 2 aromatic heterocycles. The number of unbranched alkanes of at least 4 members (excludes halogenated alkanes) is 2. The van der Waals surface area contributed by atoms with E-state index in [4.69, 9.17) is 4.74 Å². The van der Waals surface area contributed by atoms with Crippen molar-refractivity contribution in [1.29, 1.82) is 0 Å². The molecule has 31 heavy (non-hydrogen) atoms. The van der Waals surface area contributed by atoms with Crippen molar-refractivity contribution in [2.75, 3.05) is 0 Å². The molecule has 7 heteroatoms. The Hall–Kier alpha value is 0.0200. The van der Waals surface area contributed by atoms with Gasteiger partial charge in [-0.3, -0.25) is 0 Å². The van der Waals surface area contributed by atoms with Crippen LogP contribution in [0.1, 0.15) is 102 Å². The van der Waals surface area contributed by atoms with Gasteiger partial charge in [0.05, 0.1) is 17.7 Å². The molecule has 0 bridgehead atoms. The first-order chi connectivity index (χ1) is 14.9. The van der Waals surface area contributed by atoms with Gasteiger partial charge in [0.2, 0.25) is 0 Å². The normalized spacial score (nSPS) is 14.7. The molecular formula is C24H35Br2FO2S2. The lowest BCUT2D eigenvalue weighted by Crippen LogP contribution is -2.24. The predicted octanol–water partition coefficient (Wildman–Crippen LogP) is 10.4. The first-order valence-electron chi connectivity index (χ1n) is 11.6.